The quantitative estimate of drug-likeness (QED) is 0.759. The van der Waals surface area contributed by atoms with E-state index >= 15 is 0 Å². The molecule has 1 heterocycles. The molecule has 0 saturated heterocycles. The summed E-state index contributed by atoms with van der Waals surface area (Å²) in [4.78, 5) is 12.5. The molecule has 0 aliphatic carbocycles. The number of hydrogen-bond donors (Lipinski definition) is 1. The average molecular weight is 404 g/mol. The Balaban J connectivity index is 1.67. The molecule has 150 valence electrons. The number of ether oxygens (including phenoxy) is 3. The van der Waals surface area contributed by atoms with Crippen LogP contribution in [0.5, 0.6) is 17.2 Å². The van der Waals surface area contributed by atoms with E-state index in [9.17, 15) is 4.79 Å². The van der Waals surface area contributed by atoms with Crippen molar-refractivity contribution < 1.29 is 19.0 Å². The lowest BCUT2D eigenvalue weighted by molar-refractivity contribution is -0.124. The Bertz CT molecular complexity index is 837. The molecule has 0 spiro atoms. The van der Waals surface area contributed by atoms with Gasteiger partial charge in [0.1, 0.15) is 5.75 Å². The van der Waals surface area contributed by atoms with Crippen LogP contribution in [0.3, 0.4) is 0 Å². The van der Waals surface area contributed by atoms with E-state index in [2.05, 4.69) is 19.2 Å². The van der Waals surface area contributed by atoms with Crippen molar-refractivity contribution in [2.45, 2.75) is 33.2 Å². The first-order valence-corrected chi connectivity index (χ1v) is 9.89. The topological polar surface area (TPSA) is 56.8 Å². The minimum atomic E-state index is -0.180. The van der Waals surface area contributed by atoms with Gasteiger partial charge in [0.25, 0.3) is 5.91 Å². The number of halogens is 1. The van der Waals surface area contributed by atoms with Crippen molar-refractivity contribution in [3.8, 4) is 17.2 Å². The predicted molar refractivity (Wildman–Crippen MR) is 109 cm³/mol. The highest BCUT2D eigenvalue weighted by molar-refractivity contribution is 6.30. The molecule has 0 radical (unpaired) electrons. The number of nitrogens with one attached hydrogen (secondary N) is 1. The number of benzene rings is 2. The first-order chi connectivity index (χ1) is 13.4. The zero-order valence-electron chi connectivity index (χ0n) is 16.5. The van der Waals surface area contributed by atoms with E-state index in [1.165, 1.54) is 0 Å². The van der Waals surface area contributed by atoms with E-state index in [4.69, 9.17) is 25.8 Å². The zero-order valence-corrected chi connectivity index (χ0v) is 17.2. The van der Waals surface area contributed by atoms with Crippen LogP contribution in [-0.4, -0.2) is 25.7 Å². The molecule has 0 unspecified atom stereocenters. The number of aryl methyl sites for hydroxylation is 1. The molecule has 1 aliphatic rings. The van der Waals surface area contributed by atoms with Gasteiger partial charge in [0.15, 0.2) is 18.1 Å². The van der Waals surface area contributed by atoms with Crippen LogP contribution in [0, 0.1) is 12.8 Å². The Kier molecular flexibility index (Phi) is 6.68. The van der Waals surface area contributed by atoms with Gasteiger partial charge in [-0.3, -0.25) is 4.79 Å². The molecule has 1 atom stereocenters. The van der Waals surface area contributed by atoms with Crippen LogP contribution in [0.4, 0.5) is 0 Å². The third-order valence-corrected chi connectivity index (χ3v) is 4.84. The third kappa shape index (κ3) is 5.10. The Morgan fingerprint density at radius 1 is 1.14 bits per heavy atom. The van der Waals surface area contributed by atoms with Gasteiger partial charge in [-0.25, -0.2) is 0 Å². The summed E-state index contributed by atoms with van der Waals surface area (Å²) in [5.74, 6) is 2.14. The molecular weight excluding hydrogens is 378 g/mol. The second kappa shape index (κ2) is 9.20. The van der Waals surface area contributed by atoms with Gasteiger partial charge in [0.05, 0.1) is 19.3 Å². The van der Waals surface area contributed by atoms with Gasteiger partial charge in [0.2, 0.25) is 0 Å². The molecule has 0 aromatic heterocycles. The van der Waals surface area contributed by atoms with Gasteiger partial charge in [0, 0.05) is 11.4 Å². The molecule has 5 nitrogen and oxygen atoms in total. The SMILES string of the molecule is Cc1cc(Cl)ccc1OCC(=O)N[C@@H](c1ccc2c(c1)OCCCO2)C(C)C. The average Bonchev–Trinajstić information content (AvgIpc) is 2.90. The van der Waals surface area contributed by atoms with Gasteiger partial charge in [-0.05, 0) is 54.3 Å². The largest absolute Gasteiger partial charge is 0.490 e. The number of carbonyl (C=O) groups excluding carboxylic acids is 1. The lowest BCUT2D eigenvalue weighted by atomic mass is 9.95. The molecule has 2 aromatic carbocycles. The summed E-state index contributed by atoms with van der Waals surface area (Å²) in [7, 11) is 0. The van der Waals surface area contributed by atoms with Crippen LogP contribution in [0.25, 0.3) is 0 Å². The van der Waals surface area contributed by atoms with Crippen LogP contribution in [-0.2, 0) is 4.79 Å². The second-order valence-electron chi connectivity index (χ2n) is 7.24. The van der Waals surface area contributed by atoms with Crippen molar-refractivity contribution >= 4 is 17.5 Å². The maximum absolute atomic E-state index is 12.5. The van der Waals surface area contributed by atoms with Crippen molar-refractivity contribution in [3.63, 3.8) is 0 Å². The van der Waals surface area contributed by atoms with E-state index in [1.54, 1.807) is 12.1 Å². The van der Waals surface area contributed by atoms with Crippen LogP contribution >= 0.6 is 11.6 Å². The Labute approximate surface area is 170 Å². The van der Waals surface area contributed by atoms with E-state index in [0.29, 0.717) is 24.0 Å². The summed E-state index contributed by atoms with van der Waals surface area (Å²) in [6.07, 6.45) is 0.857. The highest BCUT2D eigenvalue weighted by Crippen LogP contribution is 2.34. The smallest absolute Gasteiger partial charge is 0.258 e. The summed E-state index contributed by atoms with van der Waals surface area (Å²) in [6.45, 7) is 7.25. The van der Waals surface area contributed by atoms with E-state index in [-0.39, 0.29) is 24.5 Å². The Hall–Kier alpha value is -2.40. The number of hydrogen-bond acceptors (Lipinski definition) is 4. The molecule has 6 heteroatoms. The van der Waals surface area contributed by atoms with E-state index in [0.717, 1.165) is 29.0 Å². The number of carbonyl (C=O) groups is 1. The van der Waals surface area contributed by atoms with Crippen LogP contribution in [0.2, 0.25) is 5.02 Å². The fourth-order valence-corrected chi connectivity index (χ4v) is 3.37. The van der Waals surface area contributed by atoms with Crippen molar-refractivity contribution in [3.05, 3.63) is 52.5 Å². The molecule has 1 N–H and O–H groups in total. The standard InChI is InChI=1S/C22H26ClNO4/c1-14(2)22(16-5-7-19-20(12-16)27-10-4-9-26-19)24-21(25)13-28-18-8-6-17(23)11-15(18)3/h5-8,11-12,14,22H,4,9-10,13H2,1-3H3,(H,24,25)/t22-/m1/s1. The van der Waals surface area contributed by atoms with Crippen LogP contribution < -0.4 is 19.5 Å². The first kappa shape index (κ1) is 20.3. The maximum Gasteiger partial charge on any atom is 0.258 e. The lowest BCUT2D eigenvalue weighted by Gasteiger charge is -2.24. The van der Waals surface area contributed by atoms with E-state index < -0.39 is 0 Å². The molecule has 3 rings (SSSR count). The van der Waals surface area contributed by atoms with Gasteiger partial charge < -0.3 is 19.5 Å². The zero-order chi connectivity index (χ0) is 20.1. The minimum Gasteiger partial charge on any atom is -0.490 e. The first-order valence-electron chi connectivity index (χ1n) is 9.52. The van der Waals surface area contributed by atoms with Gasteiger partial charge in [-0.2, -0.15) is 0 Å². The van der Waals surface area contributed by atoms with Gasteiger partial charge in [-0.15, -0.1) is 0 Å². The summed E-state index contributed by atoms with van der Waals surface area (Å²) in [5, 5.41) is 3.71. The Morgan fingerprint density at radius 3 is 2.61 bits per heavy atom. The number of amides is 1. The summed E-state index contributed by atoms with van der Waals surface area (Å²) in [5.41, 5.74) is 1.87. The van der Waals surface area contributed by atoms with Gasteiger partial charge >= 0.3 is 0 Å². The van der Waals surface area contributed by atoms with Crippen molar-refractivity contribution in [2.24, 2.45) is 5.92 Å². The maximum atomic E-state index is 12.5. The molecule has 0 bridgehead atoms. The van der Waals surface area contributed by atoms with Crippen molar-refractivity contribution in [1.82, 2.24) is 5.32 Å². The van der Waals surface area contributed by atoms with Crippen molar-refractivity contribution in [1.29, 1.82) is 0 Å². The number of rotatable bonds is 6. The van der Waals surface area contributed by atoms with E-state index in [1.807, 2.05) is 31.2 Å². The third-order valence-electron chi connectivity index (χ3n) is 4.61. The molecule has 0 saturated carbocycles. The highest BCUT2D eigenvalue weighted by Gasteiger charge is 2.21. The molecule has 0 fully saturated rings. The molecule has 1 amide bonds. The minimum absolute atomic E-state index is 0.0593. The molecule has 28 heavy (non-hydrogen) atoms. The molecule has 1 aliphatic heterocycles. The summed E-state index contributed by atoms with van der Waals surface area (Å²) < 4.78 is 17.1. The van der Waals surface area contributed by atoms with Crippen LogP contribution in [0.1, 0.15) is 37.4 Å². The summed E-state index contributed by atoms with van der Waals surface area (Å²) in [6, 6.07) is 11.0. The van der Waals surface area contributed by atoms with Crippen molar-refractivity contribution in [2.75, 3.05) is 19.8 Å². The monoisotopic (exact) mass is 403 g/mol. The Morgan fingerprint density at radius 2 is 1.89 bits per heavy atom. The normalized spacial score (nSPS) is 14.3. The molecular formula is C22H26ClNO4. The molecule has 2 aromatic rings. The predicted octanol–water partition coefficient (Wildman–Crippen LogP) is 4.70. The highest BCUT2D eigenvalue weighted by atomic mass is 35.5. The second-order valence-corrected chi connectivity index (χ2v) is 7.68. The van der Waals surface area contributed by atoms with Crippen LogP contribution in [0.15, 0.2) is 36.4 Å². The summed E-state index contributed by atoms with van der Waals surface area (Å²) >= 11 is 5.96. The lowest BCUT2D eigenvalue weighted by Crippen LogP contribution is -2.35. The fraction of sp³-hybridized carbons (Fsp3) is 0.409. The van der Waals surface area contributed by atoms with Gasteiger partial charge in [-0.1, -0.05) is 31.5 Å². The fourth-order valence-electron chi connectivity index (χ4n) is 3.14. The number of fused-ring (bicyclic) bond motifs is 1.